The van der Waals surface area contributed by atoms with Crippen molar-refractivity contribution >= 4 is 26.7 Å². The molecule has 1 unspecified atom stereocenters. The van der Waals surface area contributed by atoms with Crippen molar-refractivity contribution in [3.8, 4) is 0 Å². The van der Waals surface area contributed by atoms with Gasteiger partial charge in [0.1, 0.15) is 0 Å². The van der Waals surface area contributed by atoms with E-state index in [4.69, 9.17) is 5.73 Å². The van der Waals surface area contributed by atoms with Crippen molar-refractivity contribution < 1.29 is 4.21 Å². The first-order valence-electron chi connectivity index (χ1n) is 5.49. The van der Waals surface area contributed by atoms with E-state index in [-0.39, 0.29) is 5.41 Å². The van der Waals surface area contributed by atoms with E-state index in [9.17, 15) is 4.21 Å². The zero-order valence-electron chi connectivity index (χ0n) is 9.12. The lowest BCUT2D eigenvalue weighted by Crippen LogP contribution is -2.16. The average molecular weight is 302 g/mol. The molecule has 16 heavy (non-hydrogen) atoms. The zero-order valence-corrected chi connectivity index (χ0v) is 11.5. The van der Waals surface area contributed by atoms with Gasteiger partial charge in [-0.3, -0.25) is 4.21 Å². The fourth-order valence-corrected chi connectivity index (χ4v) is 4.11. The van der Waals surface area contributed by atoms with Crippen molar-refractivity contribution in [2.24, 2.45) is 11.1 Å². The molecule has 0 aliphatic heterocycles. The summed E-state index contributed by atoms with van der Waals surface area (Å²) < 4.78 is 13.2. The van der Waals surface area contributed by atoms with Crippen LogP contribution in [0.25, 0.3) is 0 Å². The third-order valence-electron chi connectivity index (χ3n) is 3.13. The fraction of sp³-hybridized carbons (Fsp3) is 0.500. The maximum absolute atomic E-state index is 12.2. The minimum atomic E-state index is -0.888. The summed E-state index contributed by atoms with van der Waals surface area (Å²) >= 11 is 3.40. The Morgan fingerprint density at radius 1 is 1.44 bits per heavy atom. The molecule has 0 amide bonds. The van der Waals surface area contributed by atoms with E-state index in [2.05, 4.69) is 15.9 Å². The van der Waals surface area contributed by atoms with Gasteiger partial charge in [0.15, 0.2) is 0 Å². The number of rotatable bonds is 5. The standard InChI is InChI=1S/C12H16BrNOS/c13-10-2-1-3-11(8-10)16(15)9-12(4-5-12)6-7-14/h1-3,8H,4-7,9,14H2. The van der Waals surface area contributed by atoms with E-state index >= 15 is 0 Å². The Hall–Kier alpha value is -0.190. The maximum Gasteiger partial charge on any atom is 0.0535 e. The molecule has 0 bridgehead atoms. The molecule has 1 saturated carbocycles. The van der Waals surface area contributed by atoms with E-state index in [0.29, 0.717) is 6.54 Å². The average Bonchev–Trinajstić information content (AvgIpc) is 2.98. The third kappa shape index (κ3) is 2.93. The summed E-state index contributed by atoms with van der Waals surface area (Å²) in [6.45, 7) is 0.704. The molecule has 0 aromatic heterocycles. The minimum Gasteiger partial charge on any atom is -0.330 e. The van der Waals surface area contributed by atoms with Crippen LogP contribution in [0.1, 0.15) is 19.3 Å². The Kier molecular flexibility index (Phi) is 3.82. The summed E-state index contributed by atoms with van der Waals surface area (Å²) in [5.41, 5.74) is 5.87. The van der Waals surface area contributed by atoms with Crippen molar-refractivity contribution in [1.29, 1.82) is 0 Å². The van der Waals surface area contributed by atoms with Crippen LogP contribution in [0, 0.1) is 5.41 Å². The number of nitrogens with two attached hydrogens (primary N) is 1. The second-order valence-corrected chi connectivity index (χ2v) is 6.85. The summed E-state index contributed by atoms with van der Waals surface area (Å²) in [5.74, 6) is 0.765. The number of hydrogen-bond acceptors (Lipinski definition) is 2. The Morgan fingerprint density at radius 3 is 2.75 bits per heavy atom. The second-order valence-electron chi connectivity index (χ2n) is 4.49. The fourth-order valence-electron chi connectivity index (χ4n) is 1.92. The molecule has 2 N–H and O–H groups in total. The first-order chi connectivity index (χ1) is 7.65. The largest absolute Gasteiger partial charge is 0.330 e. The van der Waals surface area contributed by atoms with Crippen LogP contribution < -0.4 is 5.73 Å². The van der Waals surface area contributed by atoms with Crippen molar-refractivity contribution in [3.05, 3.63) is 28.7 Å². The van der Waals surface area contributed by atoms with E-state index < -0.39 is 10.8 Å². The predicted octanol–water partition coefficient (Wildman–Crippen LogP) is 2.69. The van der Waals surface area contributed by atoms with Gasteiger partial charge in [0.2, 0.25) is 0 Å². The molecule has 0 saturated heterocycles. The number of hydrogen-bond donors (Lipinski definition) is 1. The molecule has 1 atom stereocenters. The molecule has 88 valence electrons. The van der Waals surface area contributed by atoms with Crippen LogP contribution in [0.4, 0.5) is 0 Å². The third-order valence-corrected chi connectivity index (χ3v) is 5.28. The smallest absolute Gasteiger partial charge is 0.0535 e. The molecule has 4 heteroatoms. The summed E-state index contributed by atoms with van der Waals surface area (Å²) in [6.07, 6.45) is 3.38. The maximum atomic E-state index is 12.2. The van der Waals surface area contributed by atoms with E-state index in [1.165, 1.54) is 12.8 Å². The predicted molar refractivity (Wildman–Crippen MR) is 70.8 cm³/mol. The normalized spacial score (nSPS) is 19.4. The van der Waals surface area contributed by atoms with Gasteiger partial charge in [-0.25, -0.2) is 0 Å². The van der Waals surface area contributed by atoms with Gasteiger partial charge in [-0.05, 0) is 49.4 Å². The minimum absolute atomic E-state index is 0.280. The van der Waals surface area contributed by atoms with E-state index in [1.807, 2.05) is 24.3 Å². The quantitative estimate of drug-likeness (QED) is 0.908. The molecule has 0 spiro atoms. The van der Waals surface area contributed by atoms with Crippen LogP contribution in [-0.4, -0.2) is 16.5 Å². The first-order valence-corrected chi connectivity index (χ1v) is 7.60. The van der Waals surface area contributed by atoms with E-state index in [0.717, 1.165) is 21.5 Å². The monoisotopic (exact) mass is 301 g/mol. The lowest BCUT2D eigenvalue weighted by Gasteiger charge is -2.13. The summed E-state index contributed by atoms with van der Waals surface area (Å²) in [6, 6.07) is 7.75. The van der Waals surface area contributed by atoms with Gasteiger partial charge in [-0.1, -0.05) is 22.0 Å². The second kappa shape index (κ2) is 4.98. The number of halogens is 1. The molecule has 1 aliphatic carbocycles. The lowest BCUT2D eigenvalue weighted by molar-refractivity contribution is 0.529. The molecule has 1 fully saturated rings. The molecular weight excluding hydrogens is 286 g/mol. The zero-order chi connectivity index (χ0) is 11.6. The molecule has 0 radical (unpaired) electrons. The molecule has 0 heterocycles. The van der Waals surface area contributed by atoms with Crippen LogP contribution in [0.3, 0.4) is 0 Å². The van der Waals surface area contributed by atoms with Gasteiger partial charge in [-0.2, -0.15) is 0 Å². The highest BCUT2D eigenvalue weighted by Gasteiger charge is 2.43. The van der Waals surface area contributed by atoms with Crippen molar-refractivity contribution in [2.75, 3.05) is 12.3 Å². The molecule has 1 aliphatic rings. The van der Waals surface area contributed by atoms with Gasteiger partial charge in [0.05, 0.1) is 10.8 Å². The molecule has 2 rings (SSSR count). The van der Waals surface area contributed by atoms with Crippen LogP contribution in [-0.2, 0) is 10.8 Å². The summed E-state index contributed by atoms with van der Waals surface area (Å²) in [5, 5.41) is 0. The Morgan fingerprint density at radius 2 is 2.19 bits per heavy atom. The number of benzene rings is 1. The lowest BCUT2D eigenvalue weighted by atomic mass is 10.1. The van der Waals surface area contributed by atoms with Crippen LogP contribution in [0.15, 0.2) is 33.6 Å². The van der Waals surface area contributed by atoms with Gasteiger partial charge in [0, 0.05) is 15.1 Å². The molecule has 1 aromatic rings. The Bertz CT molecular complexity index is 404. The van der Waals surface area contributed by atoms with Crippen molar-refractivity contribution in [3.63, 3.8) is 0 Å². The van der Waals surface area contributed by atoms with Crippen molar-refractivity contribution in [1.82, 2.24) is 0 Å². The van der Waals surface area contributed by atoms with Crippen LogP contribution in [0.5, 0.6) is 0 Å². The van der Waals surface area contributed by atoms with Gasteiger partial charge in [0.25, 0.3) is 0 Å². The topological polar surface area (TPSA) is 43.1 Å². The van der Waals surface area contributed by atoms with Crippen molar-refractivity contribution in [2.45, 2.75) is 24.2 Å². The van der Waals surface area contributed by atoms with Crippen LogP contribution in [0.2, 0.25) is 0 Å². The van der Waals surface area contributed by atoms with E-state index in [1.54, 1.807) is 0 Å². The Labute approximate surface area is 107 Å². The molecule has 1 aromatic carbocycles. The highest BCUT2D eigenvalue weighted by molar-refractivity contribution is 9.10. The van der Waals surface area contributed by atoms with Gasteiger partial charge < -0.3 is 5.73 Å². The van der Waals surface area contributed by atoms with Gasteiger partial charge >= 0.3 is 0 Å². The Balaban J connectivity index is 2.03. The summed E-state index contributed by atoms with van der Waals surface area (Å²) in [4.78, 5) is 0.915. The first kappa shape index (κ1) is 12.3. The van der Waals surface area contributed by atoms with Crippen LogP contribution >= 0.6 is 15.9 Å². The van der Waals surface area contributed by atoms with Gasteiger partial charge in [-0.15, -0.1) is 0 Å². The molecular formula is C12H16BrNOS. The SMILES string of the molecule is NCCC1(CS(=O)c2cccc(Br)c2)CC1. The molecule has 2 nitrogen and oxygen atoms in total. The highest BCUT2D eigenvalue weighted by atomic mass is 79.9. The summed E-state index contributed by atoms with van der Waals surface area (Å²) in [7, 11) is -0.888. The highest BCUT2D eigenvalue weighted by Crippen LogP contribution is 2.49.